The molecule has 0 saturated heterocycles. The van der Waals surface area contributed by atoms with Gasteiger partial charge in [-0.15, -0.1) is 0 Å². The summed E-state index contributed by atoms with van der Waals surface area (Å²) in [6, 6.07) is -0.627. The van der Waals surface area contributed by atoms with Gasteiger partial charge < -0.3 is 20.3 Å². The van der Waals surface area contributed by atoms with Crippen LogP contribution in [0.4, 0.5) is 0 Å². The van der Waals surface area contributed by atoms with E-state index in [0.717, 1.165) is 51.4 Å². The summed E-state index contributed by atoms with van der Waals surface area (Å²) < 4.78 is 5.48. The van der Waals surface area contributed by atoms with E-state index in [4.69, 9.17) is 4.74 Å². The van der Waals surface area contributed by atoms with Gasteiger partial charge in [-0.25, -0.2) is 0 Å². The van der Waals surface area contributed by atoms with Crippen molar-refractivity contribution in [2.75, 3.05) is 13.2 Å². The zero-order chi connectivity index (χ0) is 59.2. The van der Waals surface area contributed by atoms with E-state index in [1.807, 2.05) is 6.08 Å². The minimum atomic E-state index is -0.844. The number of aliphatic hydroxyl groups is 2. The van der Waals surface area contributed by atoms with Crippen molar-refractivity contribution in [1.29, 1.82) is 0 Å². The van der Waals surface area contributed by atoms with E-state index in [2.05, 4.69) is 55.6 Å². The van der Waals surface area contributed by atoms with Crippen LogP contribution in [0.3, 0.4) is 0 Å². The van der Waals surface area contributed by atoms with Crippen LogP contribution in [-0.4, -0.2) is 47.4 Å². The molecule has 0 aliphatic rings. The van der Waals surface area contributed by atoms with Crippen LogP contribution in [0.5, 0.6) is 0 Å². The normalized spacial score (nSPS) is 12.8. The van der Waals surface area contributed by atoms with Gasteiger partial charge in [-0.2, -0.15) is 0 Å². The Hall–Kier alpha value is -2.18. The van der Waals surface area contributed by atoms with E-state index < -0.39 is 12.1 Å². The van der Waals surface area contributed by atoms with E-state index in [-0.39, 0.29) is 18.5 Å². The lowest BCUT2D eigenvalue weighted by Gasteiger charge is -2.20. The average Bonchev–Trinajstić information content (AvgIpc) is 3.48. The summed E-state index contributed by atoms with van der Waals surface area (Å²) in [6.07, 6.45) is 93.5. The number of ether oxygens (including phenoxy) is 1. The molecule has 0 aromatic heterocycles. The Morgan fingerprint density at radius 1 is 0.341 bits per heavy atom. The summed E-state index contributed by atoms with van der Waals surface area (Å²) in [7, 11) is 0. The van der Waals surface area contributed by atoms with Gasteiger partial charge in [0.2, 0.25) is 5.91 Å². The van der Waals surface area contributed by atoms with E-state index in [1.54, 1.807) is 6.08 Å². The van der Waals surface area contributed by atoms with Gasteiger partial charge in [-0.1, -0.05) is 351 Å². The van der Waals surface area contributed by atoms with Gasteiger partial charge in [0.25, 0.3) is 0 Å². The van der Waals surface area contributed by atoms with Crippen LogP contribution in [0.1, 0.15) is 399 Å². The molecule has 0 saturated carbocycles. The molecule has 6 nitrogen and oxygen atoms in total. The minimum absolute atomic E-state index is 0.00266. The number of nitrogens with one attached hydrogen (secondary N) is 1. The van der Waals surface area contributed by atoms with Crippen LogP contribution in [0, 0.1) is 0 Å². The highest BCUT2D eigenvalue weighted by atomic mass is 16.5. The van der Waals surface area contributed by atoms with Crippen molar-refractivity contribution >= 4 is 11.9 Å². The first-order valence-corrected chi connectivity index (χ1v) is 36.9. The number of carbonyl (C=O) groups is 2. The van der Waals surface area contributed by atoms with Crippen LogP contribution in [0.15, 0.2) is 48.6 Å². The van der Waals surface area contributed by atoms with Gasteiger partial charge in [0.1, 0.15) is 0 Å². The van der Waals surface area contributed by atoms with Gasteiger partial charge in [-0.05, 0) is 83.5 Å². The van der Waals surface area contributed by atoms with Crippen molar-refractivity contribution in [2.24, 2.45) is 0 Å². The maximum absolute atomic E-state index is 12.5. The Kier molecular flexibility index (Phi) is 69.4. The van der Waals surface area contributed by atoms with Crippen LogP contribution in [0.2, 0.25) is 0 Å². The standard InChI is InChI=1S/C76H143NO5/c1-3-5-7-9-11-13-15-17-18-19-20-35-38-41-45-48-52-56-60-64-68-74(79)73(72-78)77-75(80)69-65-61-57-53-49-46-42-39-36-33-31-29-27-25-23-21-22-24-26-28-30-32-34-37-40-43-47-51-55-59-63-67-71-82-76(81)70-66-62-58-54-50-44-16-14-12-10-8-6-4-2/h8,10,14,16,24,26,64,68,73-74,78-79H,3-7,9,11-13,15,17-23,25,27-63,65-67,69-72H2,1-2H3,(H,77,80)/b10-8-,16-14-,26-24-,68-64+. The molecule has 0 aromatic rings. The number of aliphatic hydroxyl groups excluding tert-OH is 2. The topological polar surface area (TPSA) is 95.9 Å². The Bertz CT molecular complexity index is 1370. The second-order valence-corrected chi connectivity index (χ2v) is 25.3. The Labute approximate surface area is 512 Å². The summed E-state index contributed by atoms with van der Waals surface area (Å²) in [5.74, 6) is -0.0593. The molecule has 0 bridgehead atoms. The molecule has 0 aliphatic carbocycles. The molecule has 0 aliphatic heterocycles. The smallest absolute Gasteiger partial charge is 0.305 e. The Balaban J connectivity index is 3.39. The third kappa shape index (κ3) is 67.0. The fourth-order valence-corrected chi connectivity index (χ4v) is 11.4. The van der Waals surface area contributed by atoms with Gasteiger partial charge >= 0.3 is 5.97 Å². The molecule has 2 atom stereocenters. The van der Waals surface area contributed by atoms with Crippen LogP contribution < -0.4 is 5.32 Å². The highest BCUT2D eigenvalue weighted by Crippen LogP contribution is 2.19. The van der Waals surface area contributed by atoms with E-state index >= 15 is 0 Å². The summed E-state index contributed by atoms with van der Waals surface area (Å²) in [4.78, 5) is 24.6. The summed E-state index contributed by atoms with van der Waals surface area (Å²) >= 11 is 0. The van der Waals surface area contributed by atoms with E-state index in [1.165, 1.54) is 321 Å². The van der Waals surface area contributed by atoms with Gasteiger partial charge in [0.15, 0.2) is 0 Å². The van der Waals surface area contributed by atoms with Gasteiger partial charge in [0, 0.05) is 12.8 Å². The number of allylic oxidation sites excluding steroid dienone is 7. The molecular weight excluding hydrogens is 1010 g/mol. The van der Waals surface area contributed by atoms with E-state index in [0.29, 0.717) is 19.4 Å². The van der Waals surface area contributed by atoms with Crippen molar-refractivity contribution in [3.8, 4) is 0 Å². The maximum Gasteiger partial charge on any atom is 0.305 e. The van der Waals surface area contributed by atoms with Crippen molar-refractivity contribution < 1.29 is 24.5 Å². The first-order chi connectivity index (χ1) is 40.5. The lowest BCUT2D eigenvalue weighted by atomic mass is 10.0. The number of amides is 1. The number of carbonyl (C=O) groups excluding carboxylic acids is 2. The predicted molar refractivity (Wildman–Crippen MR) is 361 cm³/mol. The first-order valence-electron chi connectivity index (χ1n) is 36.9. The number of esters is 1. The molecular formula is C76H143NO5. The molecule has 0 radical (unpaired) electrons. The average molecular weight is 1150 g/mol. The lowest BCUT2D eigenvalue weighted by molar-refractivity contribution is -0.143. The van der Waals surface area contributed by atoms with Crippen LogP contribution in [0.25, 0.3) is 0 Å². The molecule has 6 heteroatoms. The number of unbranched alkanes of at least 4 members (excludes halogenated alkanes) is 52. The summed E-state index contributed by atoms with van der Waals surface area (Å²) in [6.45, 7) is 4.87. The molecule has 2 unspecified atom stereocenters. The van der Waals surface area contributed by atoms with Crippen molar-refractivity contribution in [3.05, 3.63) is 48.6 Å². The fourth-order valence-electron chi connectivity index (χ4n) is 11.4. The third-order valence-corrected chi connectivity index (χ3v) is 17.0. The Morgan fingerprint density at radius 3 is 0.988 bits per heavy atom. The van der Waals surface area contributed by atoms with Crippen molar-refractivity contribution in [3.63, 3.8) is 0 Å². The predicted octanol–water partition coefficient (Wildman–Crippen LogP) is 24.0. The number of rotatable bonds is 69. The van der Waals surface area contributed by atoms with Gasteiger partial charge in [0.05, 0.1) is 25.4 Å². The zero-order valence-corrected chi connectivity index (χ0v) is 55.2. The van der Waals surface area contributed by atoms with Gasteiger partial charge in [-0.3, -0.25) is 9.59 Å². The first kappa shape index (κ1) is 79.8. The fraction of sp³-hybridized carbons (Fsp3) is 0.868. The molecule has 0 spiro atoms. The molecule has 3 N–H and O–H groups in total. The Morgan fingerprint density at radius 2 is 0.634 bits per heavy atom. The maximum atomic E-state index is 12.5. The number of hydrogen-bond donors (Lipinski definition) is 3. The molecule has 1 amide bonds. The lowest BCUT2D eigenvalue weighted by Crippen LogP contribution is -2.45. The highest BCUT2D eigenvalue weighted by Gasteiger charge is 2.18. The van der Waals surface area contributed by atoms with Crippen molar-refractivity contribution in [2.45, 2.75) is 411 Å². The van der Waals surface area contributed by atoms with Crippen LogP contribution >= 0.6 is 0 Å². The second-order valence-electron chi connectivity index (χ2n) is 25.3. The largest absolute Gasteiger partial charge is 0.466 e. The van der Waals surface area contributed by atoms with E-state index in [9.17, 15) is 19.8 Å². The number of hydrogen-bond acceptors (Lipinski definition) is 5. The molecule has 0 aromatic carbocycles. The molecule has 82 heavy (non-hydrogen) atoms. The quantitative estimate of drug-likeness (QED) is 0.0320. The van der Waals surface area contributed by atoms with Crippen LogP contribution in [-0.2, 0) is 14.3 Å². The second kappa shape index (κ2) is 71.3. The third-order valence-electron chi connectivity index (χ3n) is 17.0. The highest BCUT2D eigenvalue weighted by molar-refractivity contribution is 5.76. The van der Waals surface area contributed by atoms with Crippen molar-refractivity contribution in [1.82, 2.24) is 5.32 Å². The summed E-state index contributed by atoms with van der Waals surface area (Å²) in [5.41, 5.74) is 0. The SMILES string of the molecule is CCC/C=C\C/C=C\CCCCCCCC(=O)OCCCCCCCCCCCCCC/C=C\CCCCCCCCCCCCCCCCCCC(=O)NC(CO)C(O)/C=C/CCCCCCCCCCCCCCCCCCCC. The summed E-state index contributed by atoms with van der Waals surface area (Å²) in [5, 5.41) is 23.3. The molecule has 0 fully saturated rings. The zero-order valence-electron chi connectivity index (χ0n) is 55.2. The molecule has 0 heterocycles. The monoisotopic (exact) mass is 1150 g/mol. The molecule has 482 valence electrons. The molecule has 0 rings (SSSR count). The minimum Gasteiger partial charge on any atom is -0.466 e.